The van der Waals surface area contributed by atoms with Crippen LogP contribution in [0.15, 0.2) is 17.5 Å². The second kappa shape index (κ2) is 2.75. The third-order valence-corrected chi connectivity index (χ3v) is 1.30. The van der Waals surface area contributed by atoms with E-state index in [1.165, 1.54) is 0 Å². The van der Waals surface area contributed by atoms with Crippen LogP contribution in [-0.4, -0.2) is 16.2 Å². The monoisotopic (exact) mass is 155 g/mol. The number of fused-ring (bicyclic) bond motifs is 1. The Morgan fingerprint density at radius 2 is 2.30 bits per heavy atom. The summed E-state index contributed by atoms with van der Waals surface area (Å²) >= 11 is 0. The van der Waals surface area contributed by atoms with Gasteiger partial charge in [0.05, 0.1) is 12.2 Å². The molecule has 0 unspecified atom stereocenters. The second-order valence-corrected chi connectivity index (χ2v) is 1.89. The van der Waals surface area contributed by atoms with Gasteiger partial charge in [-0.3, -0.25) is 4.99 Å². The minimum absolute atomic E-state index is 0. The van der Waals surface area contributed by atoms with Gasteiger partial charge in [0.1, 0.15) is 6.33 Å². The number of aromatic nitrogens is 2. The summed E-state index contributed by atoms with van der Waals surface area (Å²) in [5.74, 6) is 0. The molecule has 52 valence electrons. The molecule has 4 heteroatoms. The number of halogens is 1. The van der Waals surface area contributed by atoms with Crippen molar-refractivity contribution in [3.8, 4) is 0 Å². The summed E-state index contributed by atoms with van der Waals surface area (Å²) < 4.78 is 0. The van der Waals surface area contributed by atoms with E-state index in [-0.39, 0.29) is 12.4 Å². The molecule has 0 aromatic carbocycles. The molecule has 0 amide bonds. The van der Waals surface area contributed by atoms with Gasteiger partial charge in [-0.25, -0.2) is 9.97 Å². The van der Waals surface area contributed by atoms with Gasteiger partial charge in [0.15, 0.2) is 0 Å². The van der Waals surface area contributed by atoms with E-state index in [2.05, 4.69) is 15.0 Å². The molecule has 0 radical (unpaired) electrons. The summed E-state index contributed by atoms with van der Waals surface area (Å²) in [4.78, 5) is 11.9. The Kier molecular flexibility index (Phi) is 1.97. The first-order valence-electron chi connectivity index (χ1n) is 2.75. The van der Waals surface area contributed by atoms with Crippen LogP contribution in [0.25, 0.3) is 0 Å². The number of rotatable bonds is 0. The molecule has 1 aromatic heterocycles. The SMILES string of the molecule is C1=NCc2ncncc21.Cl. The molecule has 0 saturated carbocycles. The molecule has 0 spiro atoms. The van der Waals surface area contributed by atoms with E-state index >= 15 is 0 Å². The molecule has 0 N–H and O–H groups in total. The van der Waals surface area contributed by atoms with E-state index in [9.17, 15) is 0 Å². The molecule has 0 aliphatic carbocycles. The number of nitrogens with zero attached hydrogens (tertiary/aromatic N) is 3. The highest BCUT2D eigenvalue weighted by molar-refractivity contribution is 5.85. The highest BCUT2D eigenvalue weighted by atomic mass is 35.5. The van der Waals surface area contributed by atoms with Gasteiger partial charge in [0.25, 0.3) is 0 Å². The average Bonchev–Trinajstić information content (AvgIpc) is 2.33. The minimum Gasteiger partial charge on any atom is -0.286 e. The van der Waals surface area contributed by atoms with Crippen LogP contribution in [0, 0.1) is 0 Å². The van der Waals surface area contributed by atoms with Gasteiger partial charge in [-0.2, -0.15) is 0 Å². The first-order valence-corrected chi connectivity index (χ1v) is 2.75. The Labute approximate surface area is 64.6 Å². The van der Waals surface area contributed by atoms with Crippen LogP contribution < -0.4 is 0 Å². The maximum Gasteiger partial charge on any atom is 0.115 e. The zero-order valence-electron chi connectivity index (χ0n) is 5.19. The first-order chi connectivity index (χ1) is 4.47. The Morgan fingerprint density at radius 3 is 3.10 bits per heavy atom. The van der Waals surface area contributed by atoms with E-state index in [1.54, 1.807) is 18.7 Å². The fraction of sp³-hybridized carbons (Fsp3) is 0.167. The molecular weight excluding hydrogens is 150 g/mol. The molecule has 0 fully saturated rings. The van der Waals surface area contributed by atoms with Crippen molar-refractivity contribution < 1.29 is 0 Å². The smallest absolute Gasteiger partial charge is 0.115 e. The van der Waals surface area contributed by atoms with Crippen LogP contribution in [-0.2, 0) is 6.54 Å². The van der Waals surface area contributed by atoms with Crippen molar-refractivity contribution in [1.29, 1.82) is 0 Å². The lowest BCUT2D eigenvalue weighted by molar-refractivity contribution is 0.993. The lowest BCUT2D eigenvalue weighted by Gasteiger charge is -1.89. The highest BCUT2D eigenvalue weighted by Gasteiger charge is 2.04. The van der Waals surface area contributed by atoms with Gasteiger partial charge >= 0.3 is 0 Å². The molecule has 3 nitrogen and oxygen atoms in total. The Bertz CT molecular complexity index is 259. The normalized spacial score (nSPS) is 12.4. The molecule has 1 aromatic rings. The molecule has 0 atom stereocenters. The molecular formula is C6H6ClN3. The summed E-state index contributed by atoms with van der Waals surface area (Å²) in [5, 5.41) is 0. The minimum atomic E-state index is 0. The van der Waals surface area contributed by atoms with Crippen LogP contribution in [0.4, 0.5) is 0 Å². The van der Waals surface area contributed by atoms with Gasteiger partial charge in [0, 0.05) is 18.0 Å². The van der Waals surface area contributed by atoms with Crippen molar-refractivity contribution in [2.45, 2.75) is 6.54 Å². The van der Waals surface area contributed by atoms with Gasteiger partial charge in [0.2, 0.25) is 0 Å². The van der Waals surface area contributed by atoms with Gasteiger partial charge in [-0.1, -0.05) is 0 Å². The van der Waals surface area contributed by atoms with Crippen molar-refractivity contribution >= 4 is 18.6 Å². The Morgan fingerprint density at radius 1 is 1.40 bits per heavy atom. The van der Waals surface area contributed by atoms with Crippen LogP contribution in [0.3, 0.4) is 0 Å². The van der Waals surface area contributed by atoms with Crippen molar-refractivity contribution in [2.24, 2.45) is 4.99 Å². The van der Waals surface area contributed by atoms with Crippen LogP contribution in [0.1, 0.15) is 11.3 Å². The summed E-state index contributed by atoms with van der Waals surface area (Å²) in [6, 6.07) is 0. The Hall–Kier alpha value is -0.960. The second-order valence-electron chi connectivity index (χ2n) is 1.89. The van der Waals surface area contributed by atoms with Crippen LogP contribution in [0.5, 0.6) is 0 Å². The maximum atomic E-state index is 4.02. The van der Waals surface area contributed by atoms with Crippen molar-refractivity contribution in [1.82, 2.24) is 9.97 Å². The predicted molar refractivity (Wildman–Crippen MR) is 40.6 cm³/mol. The summed E-state index contributed by atoms with van der Waals surface area (Å²) in [7, 11) is 0. The van der Waals surface area contributed by atoms with Gasteiger partial charge in [-0.15, -0.1) is 12.4 Å². The molecule has 1 aliphatic rings. The maximum absolute atomic E-state index is 4.02. The molecule has 0 bridgehead atoms. The molecule has 1 aliphatic heterocycles. The van der Waals surface area contributed by atoms with E-state index in [0.29, 0.717) is 0 Å². The number of hydrogen-bond acceptors (Lipinski definition) is 3. The van der Waals surface area contributed by atoms with Crippen LogP contribution >= 0.6 is 12.4 Å². The first kappa shape index (κ1) is 7.15. The number of aliphatic imine (C=N–C) groups is 1. The van der Waals surface area contributed by atoms with Crippen molar-refractivity contribution in [3.63, 3.8) is 0 Å². The fourth-order valence-corrected chi connectivity index (χ4v) is 0.836. The van der Waals surface area contributed by atoms with E-state index in [1.807, 2.05) is 0 Å². The van der Waals surface area contributed by atoms with E-state index < -0.39 is 0 Å². The van der Waals surface area contributed by atoms with E-state index in [4.69, 9.17) is 0 Å². The lowest BCUT2D eigenvalue weighted by Crippen LogP contribution is -1.88. The third kappa shape index (κ3) is 0.998. The standard InChI is InChI=1S/C6H5N3.ClH/c1-5-2-8-4-9-6(5)3-7-1;/h1-2,4H,3H2;1H. The van der Waals surface area contributed by atoms with Gasteiger partial charge in [-0.05, 0) is 0 Å². The zero-order valence-corrected chi connectivity index (χ0v) is 6.01. The van der Waals surface area contributed by atoms with Crippen LogP contribution in [0.2, 0.25) is 0 Å². The highest BCUT2D eigenvalue weighted by Crippen LogP contribution is 2.07. The zero-order chi connectivity index (χ0) is 6.10. The largest absolute Gasteiger partial charge is 0.286 e. The summed E-state index contributed by atoms with van der Waals surface area (Å²) in [6.07, 6.45) is 5.13. The topological polar surface area (TPSA) is 38.1 Å². The predicted octanol–water partition coefficient (Wildman–Crippen LogP) is 0.831. The molecule has 2 rings (SSSR count). The summed E-state index contributed by atoms with van der Waals surface area (Å²) in [6.45, 7) is 0.720. The fourth-order valence-electron chi connectivity index (χ4n) is 0.836. The molecule has 10 heavy (non-hydrogen) atoms. The number of hydrogen-bond donors (Lipinski definition) is 0. The lowest BCUT2D eigenvalue weighted by atomic mass is 10.3. The average molecular weight is 156 g/mol. The molecule has 2 heterocycles. The Balaban J connectivity index is 0.000000500. The molecule has 0 saturated heterocycles. The van der Waals surface area contributed by atoms with Gasteiger partial charge < -0.3 is 0 Å². The van der Waals surface area contributed by atoms with Crippen molar-refractivity contribution in [2.75, 3.05) is 0 Å². The van der Waals surface area contributed by atoms with E-state index in [0.717, 1.165) is 17.8 Å². The quantitative estimate of drug-likeness (QED) is 0.557. The van der Waals surface area contributed by atoms with Crippen molar-refractivity contribution in [3.05, 3.63) is 23.8 Å². The third-order valence-electron chi connectivity index (χ3n) is 1.30. The summed E-state index contributed by atoms with van der Waals surface area (Å²) in [5.41, 5.74) is 2.09.